The van der Waals surface area contributed by atoms with Gasteiger partial charge in [-0.3, -0.25) is 0 Å². The first-order valence-electron chi connectivity index (χ1n) is 5.61. The van der Waals surface area contributed by atoms with Crippen LogP contribution in [-0.2, 0) is 9.47 Å². The fraction of sp³-hybridized carbons (Fsp3) is 0.500. The van der Waals surface area contributed by atoms with Crippen molar-refractivity contribution in [3.8, 4) is 5.88 Å². The molecule has 0 atom stereocenters. The number of hydrogen-bond acceptors (Lipinski definition) is 5. The Hall–Kier alpha value is -1.24. The molecule has 6 heteroatoms. The molecule has 5 nitrogen and oxygen atoms in total. The van der Waals surface area contributed by atoms with Crippen LogP contribution in [0.25, 0.3) is 0 Å². The van der Waals surface area contributed by atoms with Crippen molar-refractivity contribution in [2.45, 2.75) is 6.92 Å². The van der Waals surface area contributed by atoms with Crippen LogP contribution in [0, 0.1) is 6.92 Å². The third kappa shape index (κ3) is 5.39. The predicted molar refractivity (Wildman–Crippen MR) is 73.1 cm³/mol. The topological polar surface area (TPSA) is 66.6 Å². The van der Waals surface area contributed by atoms with Gasteiger partial charge in [-0.25, -0.2) is 4.98 Å². The Labute approximate surface area is 112 Å². The highest BCUT2D eigenvalue weighted by molar-refractivity contribution is 7.80. The van der Waals surface area contributed by atoms with Crippen LogP contribution in [0.15, 0.2) is 12.1 Å². The molecular weight excluding hydrogens is 252 g/mol. The molecule has 0 radical (unpaired) electrons. The summed E-state index contributed by atoms with van der Waals surface area (Å²) in [5, 5.41) is 0. The maximum Gasteiger partial charge on any atom is 0.214 e. The molecule has 18 heavy (non-hydrogen) atoms. The summed E-state index contributed by atoms with van der Waals surface area (Å²) in [4.78, 5) is 4.57. The third-order valence-corrected chi connectivity index (χ3v) is 2.36. The number of methoxy groups -OCH3 is 1. The molecule has 0 aliphatic rings. The van der Waals surface area contributed by atoms with Crippen LogP contribution in [0.5, 0.6) is 5.88 Å². The zero-order valence-corrected chi connectivity index (χ0v) is 11.5. The van der Waals surface area contributed by atoms with Gasteiger partial charge in [0.1, 0.15) is 11.6 Å². The van der Waals surface area contributed by atoms with E-state index in [1.807, 2.05) is 13.0 Å². The van der Waals surface area contributed by atoms with Crippen LogP contribution in [0.3, 0.4) is 0 Å². The van der Waals surface area contributed by atoms with Gasteiger partial charge in [0.15, 0.2) is 0 Å². The molecule has 2 N–H and O–H groups in total. The zero-order chi connectivity index (χ0) is 13.4. The minimum absolute atomic E-state index is 0.335. The van der Waals surface area contributed by atoms with Crippen LogP contribution in [0.2, 0.25) is 0 Å². The van der Waals surface area contributed by atoms with Gasteiger partial charge >= 0.3 is 0 Å². The van der Waals surface area contributed by atoms with Crippen LogP contribution < -0.4 is 10.5 Å². The molecule has 0 aliphatic heterocycles. The summed E-state index contributed by atoms with van der Waals surface area (Å²) in [5.74, 6) is 0.508. The number of rotatable bonds is 8. The van der Waals surface area contributed by atoms with E-state index in [-0.39, 0.29) is 0 Å². The predicted octanol–water partition coefficient (Wildman–Crippen LogP) is 1.07. The van der Waals surface area contributed by atoms with Gasteiger partial charge in [0, 0.05) is 24.4 Å². The lowest BCUT2D eigenvalue weighted by Gasteiger charge is -2.08. The molecule has 0 aliphatic carbocycles. The van der Waals surface area contributed by atoms with E-state index in [4.69, 9.17) is 32.2 Å². The second-order valence-electron chi connectivity index (χ2n) is 3.65. The molecule has 0 fully saturated rings. The van der Waals surface area contributed by atoms with E-state index < -0.39 is 0 Å². The fourth-order valence-corrected chi connectivity index (χ4v) is 1.42. The van der Waals surface area contributed by atoms with Gasteiger partial charge in [-0.15, -0.1) is 0 Å². The minimum atomic E-state index is 0.335. The van der Waals surface area contributed by atoms with Crippen molar-refractivity contribution in [3.63, 3.8) is 0 Å². The van der Waals surface area contributed by atoms with E-state index in [9.17, 15) is 0 Å². The summed E-state index contributed by atoms with van der Waals surface area (Å²) >= 11 is 4.92. The molecule has 1 rings (SSSR count). The van der Waals surface area contributed by atoms with Crippen molar-refractivity contribution < 1.29 is 14.2 Å². The first-order chi connectivity index (χ1) is 8.63. The summed E-state index contributed by atoms with van der Waals surface area (Å²) in [7, 11) is 1.63. The van der Waals surface area contributed by atoms with Crippen LogP contribution in [-0.4, -0.2) is 43.5 Å². The number of aromatic nitrogens is 1. The summed E-state index contributed by atoms with van der Waals surface area (Å²) < 4.78 is 15.6. The Bertz CT molecular complexity index is 399. The van der Waals surface area contributed by atoms with E-state index in [2.05, 4.69) is 4.98 Å². The average molecular weight is 270 g/mol. The van der Waals surface area contributed by atoms with Crippen molar-refractivity contribution in [2.75, 3.05) is 33.5 Å². The SMILES string of the molecule is COCCOCCOc1cc(C(N)=S)cc(C)n1. The van der Waals surface area contributed by atoms with E-state index >= 15 is 0 Å². The minimum Gasteiger partial charge on any atom is -0.475 e. The Morgan fingerprint density at radius 1 is 1.28 bits per heavy atom. The van der Waals surface area contributed by atoms with Gasteiger partial charge in [-0.2, -0.15) is 0 Å². The van der Waals surface area contributed by atoms with Crippen molar-refractivity contribution in [2.24, 2.45) is 5.73 Å². The lowest BCUT2D eigenvalue weighted by Crippen LogP contribution is -2.13. The summed E-state index contributed by atoms with van der Waals surface area (Å²) in [6, 6.07) is 3.55. The molecule has 100 valence electrons. The lowest BCUT2D eigenvalue weighted by atomic mass is 10.2. The van der Waals surface area contributed by atoms with E-state index in [1.165, 1.54) is 0 Å². The maximum absolute atomic E-state index is 5.57. The second kappa shape index (κ2) is 7.97. The van der Waals surface area contributed by atoms with Crippen molar-refractivity contribution in [1.82, 2.24) is 4.98 Å². The highest BCUT2D eigenvalue weighted by Gasteiger charge is 2.03. The van der Waals surface area contributed by atoms with Gasteiger partial charge < -0.3 is 19.9 Å². The van der Waals surface area contributed by atoms with Crippen molar-refractivity contribution in [1.29, 1.82) is 0 Å². The first kappa shape index (κ1) is 14.8. The van der Waals surface area contributed by atoms with Crippen LogP contribution in [0.4, 0.5) is 0 Å². The molecular formula is C12H18N2O3S. The smallest absolute Gasteiger partial charge is 0.214 e. The highest BCUT2D eigenvalue weighted by Crippen LogP contribution is 2.12. The standard InChI is InChI=1S/C12H18N2O3S/c1-9-7-10(12(13)18)8-11(14-9)17-6-5-16-4-3-15-2/h7-8H,3-6H2,1-2H3,(H2,13,18). The third-order valence-electron chi connectivity index (χ3n) is 2.12. The van der Waals surface area contributed by atoms with Crippen LogP contribution in [0.1, 0.15) is 11.3 Å². The molecule has 0 amide bonds. The van der Waals surface area contributed by atoms with Gasteiger partial charge in [0.05, 0.1) is 19.8 Å². The van der Waals surface area contributed by atoms with E-state index in [0.717, 1.165) is 11.3 Å². The summed E-state index contributed by atoms with van der Waals surface area (Å²) in [6.45, 7) is 3.91. The Morgan fingerprint density at radius 2 is 2.00 bits per heavy atom. The first-order valence-corrected chi connectivity index (χ1v) is 6.02. The van der Waals surface area contributed by atoms with E-state index in [0.29, 0.717) is 37.3 Å². The molecule has 0 spiro atoms. The van der Waals surface area contributed by atoms with Gasteiger partial charge in [0.2, 0.25) is 5.88 Å². The maximum atomic E-state index is 5.57. The molecule has 0 saturated carbocycles. The van der Waals surface area contributed by atoms with Crippen molar-refractivity contribution >= 4 is 17.2 Å². The van der Waals surface area contributed by atoms with Crippen LogP contribution >= 0.6 is 12.2 Å². The second-order valence-corrected chi connectivity index (χ2v) is 4.09. The Balaban J connectivity index is 2.40. The normalized spacial score (nSPS) is 10.3. The average Bonchev–Trinajstić information content (AvgIpc) is 2.33. The van der Waals surface area contributed by atoms with Gasteiger partial charge in [-0.05, 0) is 13.0 Å². The summed E-state index contributed by atoms with van der Waals surface area (Å²) in [6.07, 6.45) is 0. The monoisotopic (exact) mass is 270 g/mol. The molecule has 0 unspecified atom stereocenters. The quantitative estimate of drug-likeness (QED) is 0.563. The number of hydrogen-bond donors (Lipinski definition) is 1. The molecule has 0 bridgehead atoms. The van der Waals surface area contributed by atoms with Crippen molar-refractivity contribution in [3.05, 3.63) is 23.4 Å². The summed E-state index contributed by atoms with van der Waals surface area (Å²) in [5.41, 5.74) is 7.14. The van der Waals surface area contributed by atoms with Gasteiger partial charge in [-0.1, -0.05) is 12.2 Å². The largest absolute Gasteiger partial charge is 0.475 e. The van der Waals surface area contributed by atoms with E-state index in [1.54, 1.807) is 13.2 Å². The lowest BCUT2D eigenvalue weighted by molar-refractivity contribution is 0.0536. The fourth-order valence-electron chi connectivity index (χ4n) is 1.30. The number of thiocarbonyl (C=S) groups is 1. The Morgan fingerprint density at radius 3 is 2.67 bits per heavy atom. The molecule has 1 heterocycles. The highest BCUT2D eigenvalue weighted by atomic mass is 32.1. The molecule has 0 aromatic carbocycles. The van der Waals surface area contributed by atoms with Gasteiger partial charge in [0.25, 0.3) is 0 Å². The number of aryl methyl sites for hydroxylation is 1. The molecule has 0 saturated heterocycles. The Kier molecular flexibility index (Phi) is 6.56. The zero-order valence-electron chi connectivity index (χ0n) is 10.6. The number of nitrogens with zero attached hydrogens (tertiary/aromatic N) is 1. The number of pyridine rings is 1. The molecule has 1 aromatic heterocycles. The number of nitrogens with two attached hydrogens (primary N) is 1. The number of ether oxygens (including phenoxy) is 3. The molecule has 1 aromatic rings.